The number of aliphatic hydroxyl groups excluding tert-OH is 1. The predicted octanol–water partition coefficient (Wildman–Crippen LogP) is 3.45. The van der Waals surface area contributed by atoms with E-state index in [9.17, 15) is 5.11 Å². The van der Waals surface area contributed by atoms with Gasteiger partial charge in [0, 0.05) is 6.42 Å². The lowest BCUT2D eigenvalue weighted by molar-refractivity contribution is 0.232. The van der Waals surface area contributed by atoms with Crippen molar-refractivity contribution in [3.8, 4) is 0 Å². The van der Waals surface area contributed by atoms with Crippen LogP contribution in [-0.2, 0) is 6.42 Å². The number of benzene rings is 2. The fourth-order valence-corrected chi connectivity index (χ4v) is 2.60. The highest BCUT2D eigenvalue weighted by Crippen LogP contribution is 2.31. The molecule has 1 N–H and O–H groups in total. The van der Waals surface area contributed by atoms with E-state index >= 15 is 0 Å². The van der Waals surface area contributed by atoms with Crippen LogP contribution in [0.3, 0.4) is 0 Å². The van der Waals surface area contributed by atoms with E-state index < -0.39 is 6.10 Å². The normalized spacial score (nSPS) is 18.1. The van der Waals surface area contributed by atoms with Gasteiger partial charge in [-0.3, -0.25) is 0 Å². The molecule has 0 fully saturated rings. The Labute approximate surface area is 107 Å². The third-order valence-electron chi connectivity index (χ3n) is 3.59. The number of hydrogen-bond donors (Lipinski definition) is 1. The van der Waals surface area contributed by atoms with Crippen LogP contribution in [0, 0.1) is 6.92 Å². The molecule has 1 unspecified atom stereocenters. The van der Waals surface area contributed by atoms with Crippen molar-refractivity contribution in [3.63, 3.8) is 0 Å². The van der Waals surface area contributed by atoms with Gasteiger partial charge >= 0.3 is 0 Å². The molecule has 0 heterocycles. The second-order valence-corrected chi connectivity index (χ2v) is 4.83. The lowest BCUT2D eigenvalue weighted by Crippen LogP contribution is -2.17. The molecule has 0 radical (unpaired) electrons. The molecule has 90 valence electrons. The van der Waals surface area contributed by atoms with Crippen molar-refractivity contribution < 1.29 is 5.11 Å². The lowest BCUT2D eigenvalue weighted by Gasteiger charge is -2.23. The molecule has 0 bridgehead atoms. The summed E-state index contributed by atoms with van der Waals surface area (Å²) >= 11 is 0. The molecule has 0 amide bonds. The summed E-state index contributed by atoms with van der Waals surface area (Å²) in [7, 11) is 0. The summed E-state index contributed by atoms with van der Waals surface area (Å²) in [6.45, 7) is 2.09. The SMILES string of the molecule is Cc1ccccc1C1=Cc2ccccc2CC1O. The van der Waals surface area contributed by atoms with E-state index in [1.54, 1.807) is 0 Å². The Hall–Kier alpha value is -1.86. The molecular weight excluding hydrogens is 220 g/mol. The molecule has 0 saturated carbocycles. The first kappa shape index (κ1) is 11.2. The lowest BCUT2D eigenvalue weighted by atomic mass is 9.85. The van der Waals surface area contributed by atoms with Gasteiger partial charge in [0.05, 0.1) is 6.10 Å². The average molecular weight is 236 g/mol. The van der Waals surface area contributed by atoms with Gasteiger partial charge in [-0.1, -0.05) is 48.5 Å². The van der Waals surface area contributed by atoms with Gasteiger partial charge in [0.2, 0.25) is 0 Å². The summed E-state index contributed by atoms with van der Waals surface area (Å²) in [5.74, 6) is 0. The predicted molar refractivity (Wildman–Crippen MR) is 75.2 cm³/mol. The molecule has 1 heteroatoms. The van der Waals surface area contributed by atoms with Crippen molar-refractivity contribution >= 4 is 11.6 Å². The summed E-state index contributed by atoms with van der Waals surface area (Å²) < 4.78 is 0. The minimum atomic E-state index is -0.402. The minimum Gasteiger partial charge on any atom is -0.388 e. The maximum atomic E-state index is 10.3. The highest BCUT2D eigenvalue weighted by Gasteiger charge is 2.20. The maximum absolute atomic E-state index is 10.3. The molecule has 0 aliphatic heterocycles. The second-order valence-electron chi connectivity index (χ2n) is 4.83. The topological polar surface area (TPSA) is 20.2 Å². The fraction of sp³-hybridized carbons (Fsp3) is 0.176. The molecule has 2 aromatic rings. The molecule has 1 aliphatic carbocycles. The Morgan fingerprint density at radius 2 is 1.72 bits per heavy atom. The second kappa shape index (κ2) is 4.43. The van der Waals surface area contributed by atoms with Crippen molar-refractivity contribution in [1.29, 1.82) is 0 Å². The highest BCUT2D eigenvalue weighted by molar-refractivity contribution is 5.87. The maximum Gasteiger partial charge on any atom is 0.0836 e. The van der Waals surface area contributed by atoms with Gasteiger partial charge in [-0.2, -0.15) is 0 Å². The van der Waals surface area contributed by atoms with E-state index in [4.69, 9.17) is 0 Å². The summed E-state index contributed by atoms with van der Waals surface area (Å²) in [4.78, 5) is 0. The summed E-state index contributed by atoms with van der Waals surface area (Å²) in [5, 5.41) is 10.3. The molecule has 1 atom stereocenters. The molecular formula is C17H16O. The number of aryl methyl sites for hydroxylation is 1. The van der Waals surface area contributed by atoms with Gasteiger partial charge in [-0.15, -0.1) is 0 Å². The van der Waals surface area contributed by atoms with Gasteiger partial charge < -0.3 is 5.11 Å². The largest absolute Gasteiger partial charge is 0.388 e. The molecule has 0 aromatic heterocycles. The van der Waals surface area contributed by atoms with Gasteiger partial charge in [-0.25, -0.2) is 0 Å². The van der Waals surface area contributed by atoms with Gasteiger partial charge in [0.25, 0.3) is 0 Å². The van der Waals surface area contributed by atoms with Gasteiger partial charge in [-0.05, 0) is 40.8 Å². The van der Waals surface area contributed by atoms with Crippen molar-refractivity contribution in [2.45, 2.75) is 19.4 Å². The zero-order valence-corrected chi connectivity index (χ0v) is 10.4. The average Bonchev–Trinajstić information content (AvgIpc) is 2.39. The van der Waals surface area contributed by atoms with E-state index in [0.717, 1.165) is 11.1 Å². The molecule has 2 aromatic carbocycles. The van der Waals surface area contributed by atoms with E-state index in [2.05, 4.69) is 37.3 Å². The summed E-state index contributed by atoms with van der Waals surface area (Å²) in [6.07, 6.45) is 2.42. The number of hydrogen-bond acceptors (Lipinski definition) is 1. The third-order valence-corrected chi connectivity index (χ3v) is 3.59. The van der Waals surface area contributed by atoms with Gasteiger partial charge in [0.15, 0.2) is 0 Å². The van der Waals surface area contributed by atoms with Crippen molar-refractivity contribution in [3.05, 3.63) is 70.8 Å². The first-order valence-electron chi connectivity index (χ1n) is 6.29. The zero-order chi connectivity index (χ0) is 12.5. The highest BCUT2D eigenvalue weighted by atomic mass is 16.3. The molecule has 1 nitrogen and oxygen atoms in total. The fourth-order valence-electron chi connectivity index (χ4n) is 2.60. The van der Waals surface area contributed by atoms with Crippen molar-refractivity contribution in [1.82, 2.24) is 0 Å². The summed E-state index contributed by atoms with van der Waals surface area (Å²) in [6, 6.07) is 16.5. The third kappa shape index (κ3) is 1.87. The Kier molecular flexibility index (Phi) is 2.77. The number of rotatable bonds is 1. The van der Waals surface area contributed by atoms with Crippen LogP contribution in [0.2, 0.25) is 0 Å². The van der Waals surface area contributed by atoms with Crippen LogP contribution in [0.5, 0.6) is 0 Å². The Morgan fingerprint density at radius 3 is 2.56 bits per heavy atom. The van der Waals surface area contributed by atoms with E-state index in [0.29, 0.717) is 6.42 Å². The van der Waals surface area contributed by atoms with Crippen LogP contribution in [-0.4, -0.2) is 11.2 Å². The van der Waals surface area contributed by atoms with Crippen LogP contribution in [0.25, 0.3) is 11.6 Å². The molecule has 1 aliphatic rings. The minimum absolute atomic E-state index is 0.402. The Morgan fingerprint density at radius 1 is 1.00 bits per heavy atom. The van der Waals surface area contributed by atoms with Gasteiger partial charge in [0.1, 0.15) is 0 Å². The van der Waals surface area contributed by atoms with Crippen LogP contribution in [0.4, 0.5) is 0 Å². The van der Waals surface area contributed by atoms with Crippen LogP contribution < -0.4 is 0 Å². The number of fused-ring (bicyclic) bond motifs is 1. The monoisotopic (exact) mass is 236 g/mol. The smallest absolute Gasteiger partial charge is 0.0836 e. The van der Waals surface area contributed by atoms with E-state index in [1.165, 1.54) is 16.7 Å². The van der Waals surface area contributed by atoms with Crippen LogP contribution in [0.15, 0.2) is 48.5 Å². The quantitative estimate of drug-likeness (QED) is 0.804. The van der Waals surface area contributed by atoms with Crippen LogP contribution in [0.1, 0.15) is 22.3 Å². The van der Waals surface area contributed by atoms with Crippen molar-refractivity contribution in [2.24, 2.45) is 0 Å². The molecule has 0 saturated heterocycles. The molecule has 3 rings (SSSR count). The molecule has 0 spiro atoms. The molecule has 18 heavy (non-hydrogen) atoms. The summed E-state index contributed by atoms with van der Waals surface area (Å²) in [5.41, 5.74) is 5.84. The Balaban J connectivity index is 2.13. The number of aliphatic hydroxyl groups is 1. The van der Waals surface area contributed by atoms with E-state index in [-0.39, 0.29) is 0 Å². The first-order chi connectivity index (χ1) is 8.75. The van der Waals surface area contributed by atoms with Crippen molar-refractivity contribution in [2.75, 3.05) is 0 Å². The Bertz CT molecular complexity index is 611. The standard InChI is InChI=1S/C17H16O/c1-12-6-2-5-9-15(12)16-10-13-7-3-4-8-14(13)11-17(16)18/h2-10,17-18H,11H2,1H3. The first-order valence-corrected chi connectivity index (χ1v) is 6.29. The van der Waals surface area contributed by atoms with E-state index in [1.807, 2.05) is 24.3 Å². The van der Waals surface area contributed by atoms with Crippen LogP contribution >= 0.6 is 0 Å². The zero-order valence-electron chi connectivity index (χ0n) is 10.4.